The molecule has 0 saturated carbocycles. The summed E-state index contributed by atoms with van der Waals surface area (Å²) in [5, 5.41) is 4.07. The standard InChI is InChI=1S/C9H17N3OS/c1-12(2)5-4-10-6-8-7-11-9(13-3)14-8/h7,10H,4-6H2,1-3H3. The predicted molar refractivity (Wildman–Crippen MR) is 58.9 cm³/mol. The van der Waals surface area contributed by atoms with Crippen LogP contribution in [0, 0.1) is 0 Å². The Balaban J connectivity index is 2.18. The topological polar surface area (TPSA) is 37.4 Å². The van der Waals surface area contributed by atoms with Gasteiger partial charge in [0.25, 0.3) is 5.19 Å². The lowest BCUT2D eigenvalue weighted by molar-refractivity contribution is 0.400. The van der Waals surface area contributed by atoms with E-state index in [0.717, 1.165) is 24.8 Å². The monoisotopic (exact) mass is 215 g/mol. The molecule has 0 fully saturated rings. The minimum Gasteiger partial charge on any atom is -0.473 e. The SMILES string of the molecule is COc1ncc(CNCCN(C)C)s1. The van der Waals surface area contributed by atoms with Gasteiger partial charge in [-0.1, -0.05) is 11.3 Å². The molecule has 5 heteroatoms. The normalized spacial score (nSPS) is 10.9. The summed E-state index contributed by atoms with van der Waals surface area (Å²) in [6.45, 7) is 2.91. The largest absolute Gasteiger partial charge is 0.473 e. The van der Waals surface area contributed by atoms with Gasteiger partial charge in [0, 0.05) is 30.7 Å². The first-order valence-electron chi connectivity index (χ1n) is 4.56. The maximum Gasteiger partial charge on any atom is 0.273 e. The average Bonchev–Trinajstić information content (AvgIpc) is 2.60. The number of likely N-dealkylation sites (N-methyl/N-ethyl adjacent to an activating group) is 1. The lowest BCUT2D eigenvalue weighted by Gasteiger charge is -2.09. The van der Waals surface area contributed by atoms with E-state index < -0.39 is 0 Å². The first-order chi connectivity index (χ1) is 6.72. The highest BCUT2D eigenvalue weighted by molar-refractivity contribution is 7.13. The van der Waals surface area contributed by atoms with Crippen LogP contribution in [0.3, 0.4) is 0 Å². The molecule has 0 unspecified atom stereocenters. The molecule has 14 heavy (non-hydrogen) atoms. The maximum atomic E-state index is 5.01. The quantitative estimate of drug-likeness (QED) is 0.712. The Morgan fingerprint density at radius 1 is 1.57 bits per heavy atom. The summed E-state index contributed by atoms with van der Waals surface area (Å²) in [5.74, 6) is 0. The molecule has 0 radical (unpaired) electrons. The Kier molecular flexibility index (Phi) is 4.86. The average molecular weight is 215 g/mol. The highest BCUT2D eigenvalue weighted by Gasteiger charge is 2.00. The lowest BCUT2D eigenvalue weighted by atomic mass is 10.5. The van der Waals surface area contributed by atoms with E-state index >= 15 is 0 Å². The zero-order valence-corrected chi connectivity index (χ0v) is 9.73. The molecule has 0 atom stereocenters. The van der Waals surface area contributed by atoms with Gasteiger partial charge in [-0.15, -0.1) is 0 Å². The number of hydrogen-bond donors (Lipinski definition) is 1. The first-order valence-corrected chi connectivity index (χ1v) is 5.38. The number of nitrogens with zero attached hydrogens (tertiary/aromatic N) is 2. The van der Waals surface area contributed by atoms with Crippen LogP contribution in [-0.2, 0) is 6.54 Å². The second-order valence-electron chi connectivity index (χ2n) is 3.28. The number of rotatable bonds is 6. The summed E-state index contributed by atoms with van der Waals surface area (Å²) in [4.78, 5) is 7.46. The van der Waals surface area contributed by atoms with Crippen molar-refractivity contribution in [2.24, 2.45) is 0 Å². The molecule has 1 aromatic rings. The molecular formula is C9H17N3OS. The Morgan fingerprint density at radius 2 is 2.36 bits per heavy atom. The summed E-state index contributed by atoms with van der Waals surface area (Å²) in [6.07, 6.45) is 1.85. The van der Waals surface area contributed by atoms with Crippen molar-refractivity contribution in [3.8, 4) is 5.19 Å². The summed E-state index contributed by atoms with van der Waals surface area (Å²) < 4.78 is 5.01. The van der Waals surface area contributed by atoms with Crippen LogP contribution in [0.1, 0.15) is 4.88 Å². The van der Waals surface area contributed by atoms with Crippen LogP contribution in [0.5, 0.6) is 5.19 Å². The molecule has 0 amide bonds. The molecule has 80 valence electrons. The molecular weight excluding hydrogens is 198 g/mol. The molecule has 1 heterocycles. The van der Waals surface area contributed by atoms with E-state index in [-0.39, 0.29) is 0 Å². The fourth-order valence-electron chi connectivity index (χ4n) is 0.980. The third-order valence-electron chi connectivity index (χ3n) is 1.74. The van der Waals surface area contributed by atoms with Crippen LogP contribution in [0.4, 0.5) is 0 Å². The van der Waals surface area contributed by atoms with Crippen molar-refractivity contribution < 1.29 is 4.74 Å². The summed E-state index contributed by atoms with van der Waals surface area (Å²) >= 11 is 1.58. The van der Waals surface area contributed by atoms with Crippen molar-refractivity contribution in [3.63, 3.8) is 0 Å². The zero-order valence-electron chi connectivity index (χ0n) is 8.91. The third kappa shape index (κ3) is 4.04. The number of aromatic nitrogens is 1. The van der Waals surface area contributed by atoms with Crippen LogP contribution in [0.2, 0.25) is 0 Å². The van der Waals surface area contributed by atoms with Crippen molar-refractivity contribution in [1.82, 2.24) is 15.2 Å². The first kappa shape index (κ1) is 11.4. The highest BCUT2D eigenvalue weighted by atomic mass is 32.1. The number of methoxy groups -OCH3 is 1. The molecule has 0 spiro atoms. The van der Waals surface area contributed by atoms with Gasteiger partial charge in [0.05, 0.1) is 7.11 Å². The molecule has 0 aromatic carbocycles. The Labute approximate surface area is 88.9 Å². The van der Waals surface area contributed by atoms with Crippen molar-refractivity contribution in [1.29, 1.82) is 0 Å². The van der Waals surface area contributed by atoms with Gasteiger partial charge in [0.1, 0.15) is 0 Å². The van der Waals surface area contributed by atoms with E-state index in [1.807, 2.05) is 6.20 Å². The number of hydrogen-bond acceptors (Lipinski definition) is 5. The third-order valence-corrected chi connectivity index (χ3v) is 2.70. The van der Waals surface area contributed by atoms with Crippen LogP contribution >= 0.6 is 11.3 Å². The van der Waals surface area contributed by atoms with Crippen LogP contribution in [-0.4, -0.2) is 44.2 Å². The molecule has 0 aliphatic heterocycles. The Bertz CT molecular complexity index is 262. The van der Waals surface area contributed by atoms with Gasteiger partial charge in [-0.05, 0) is 14.1 Å². The Hall–Kier alpha value is -0.650. The maximum absolute atomic E-state index is 5.01. The molecule has 4 nitrogen and oxygen atoms in total. The van der Waals surface area contributed by atoms with Gasteiger partial charge < -0.3 is 15.0 Å². The number of ether oxygens (including phenoxy) is 1. The van der Waals surface area contributed by atoms with Crippen LogP contribution in [0.15, 0.2) is 6.20 Å². The van der Waals surface area contributed by atoms with E-state index in [1.165, 1.54) is 4.88 Å². The molecule has 1 aromatic heterocycles. The highest BCUT2D eigenvalue weighted by Crippen LogP contribution is 2.19. The predicted octanol–water partition coefficient (Wildman–Crippen LogP) is 0.803. The van der Waals surface area contributed by atoms with Gasteiger partial charge in [0.2, 0.25) is 0 Å². The van der Waals surface area contributed by atoms with Crippen molar-refractivity contribution in [2.75, 3.05) is 34.3 Å². The zero-order chi connectivity index (χ0) is 10.4. The Morgan fingerprint density at radius 3 is 2.93 bits per heavy atom. The van der Waals surface area contributed by atoms with E-state index in [4.69, 9.17) is 4.74 Å². The summed E-state index contributed by atoms with van der Waals surface area (Å²) in [5.41, 5.74) is 0. The second kappa shape index (κ2) is 5.95. The van der Waals surface area contributed by atoms with Crippen molar-refractivity contribution >= 4 is 11.3 Å². The van der Waals surface area contributed by atoms with E-state index in [9.17, 15) is 0 Å². The van der Waals surface area contributed by atoms with E-state index in [2.05, 4.69) is 29.3 Å². The van der Waals surface area contributed by atoms with E-state index in [1.54, 1.807) is 18.4 Å². The fourth-order valence-corrected chi connectivity index (χ4v) is 1.67. The van der Waals surface area contributed by atoms with Gasteiger partial charge in [0.15, 0.2) is 0 Å². The molecule has 0 aliphatic rings. The van der Waals surface area contributed by atoms with Crippen LogP contribution in [0.25, 0.3) is 0 Å². The van der Waals surface area contributed by atoms with Gasteiger partial charge in [-0.2, -0.15) is 0 Å². The molecule has 0 saturated heterocycles. The fraction of sp³-hybridized carbons (Fsp3) is 0.667. The second-order valence-corrected chi connectivity index (χ2v) is 4.35. The van der Waals surface area contributed by atoms with Gasteiger partial charge >= 0.3 is 0 Å². The van der Waals surface area contributed by atoms with Gasteiger partial charge in [-0.25, -0.2) is 4.98 Å². The summed E-state index contributed by atoms with van der Waals surface area (Å²) in [6, 6.07) is 0. The van der Waals surface area contributed by atoms with Gasteiger partial charge in [-0.3, -0.25) is 0 Å². The summed E-state index contributed by atoms with van der Waals surface area (Å²) in [7, 11) is 5.77. The van der Waals surface area contributed by atoms with Crippen molar-refractivity contribution in [3.05, 3.63) is 11.1 Å². The molecule has 0 bridgehead atoms. The number of nitrogens with one attached hydrogen (secondary N) is 1. The molecule has 1 N–H and O–H groups in total. The molecule has 0 aliphatic carbocycles. The minimum atomic E-state index is 0.731. The lowest BCUT2D eigenvalue weighted by Crippen LogP contribution is -2.25. The van der Waals surface area contributed by atoms with Crippen LogP contribution < -0.4 is 10.1 Å². The van der Waals surface area contributed by atoms with E-state index in [0.29, 0.717) is 0 Å². The smallest absolute Gasteiger partial charge is 0.273 e. The minimum absolute atomic E-state index is 0.731. The number of thiazole rings is 1. The molecule has 1 rings (SSSR count). The van der Waals surface area contributed by atoms with Crippen molar-refractivity contribution in [2.45, 2.75) is 6.54 Å².